The van der Waals surface area contributed by atoms with Gasteiger partial charge in [-0.1, -0.05) is 24.9 Å². The smallest absolute Gasteiger partial charge is 0.307 e. The van der Waals surface area contributed by atoms with Crippen LogP contribution in [0.3, 0.4) is 0 Å². The Labute approximate surface area is 122 Å². The molecule has 21 heavy (non-hydrogen) atoms. The second-order valence-corrected chi connectivity index (χ2v) is 5.01. The number of carboxylic acid groups (broad SMARTS) is 1. The molecule has 0 bridgehead atoms. The average molecular weight is 293 g/mol. The summed E-state index contributed by atoms with van der Waals surface area (Å²) in [6.45, 7) is 1.97. The quantitative estimate of drug-likeness (QED) is 0.420. The van der Waals surface area contributed by atoms with Gasteiger partial charge in [-0.15, -0.1) is 5.53 Å². The first-order chi connectivity index (χ1) is 10.1. The molecule has 0 fully saturated rings. The molecule has 0 radical (unpaired) electrons. The second kappa shape index (κ2) is 7.00. The normalized spacial score (nSPS) is 16.9. The van der Waals surface area contributed by atoms with Crippen molar-refractivity contribution in [2.24, 2.45) is 16.9 Å². The number of carbonyl (C=O) groups is 1. The van der Waals surface area contributed by atoms with Crippen LogP contribution < -0.4 is 22.2 Å². The molecule has 0 spiro atoms. The average Bonchev–Trinajstić information content (AvgIpc) is 2.96. The molecule has 2 heterocycles. The number of aromatic nitrogens is 1. The minimum Gasteiger partial charge on any atom is -0.481 e. The van der Waals surface area contributed by atoms with E-state index in [1.165, 1.54) is 5.53 Å². The number of nitrogens with zero attached hydrogens (tertiary/aromatic N) is 2. The van der Waals surface area contributed by atoms with Gasteiger partial charge in [-0.3, -0.25) is 10.2 Å². The van der Waals surface area contributed by atoms with Crippen LogP contribution in [0.15, 0.2) is 23.3 Å². The fourth-order valence-electron chi connectivity index (χ4n) is 2.50. The molecule has 114 valence electrons. The molecule has 1 aromatic rings. The third-order valence-corrected chi connectivity index (χ3v) is 3.48. The highest BCUT2D eigenvalue weighted by Gasteiger charge is 2.34. The van der Waals surface area contributed by atoms with E-state index in [2.05, 4.69) is 21.0 Å². The Kier molecular flexibility index (Phi) is 5.07. The predicted molar refractivity (Wildman–Crippen MR) is 77.5 cm³/mol. The Balaban J connectivity index is 2.24. The Hall–Kier alpha value is -2.19. The summed E-state index contributed by atoms with van der Waals surface area (Å²) >= 11 is 0. The third-order valence-electron chi connectivity index (χ3n) is 3.48. The Morgan fingerprint density at radius 1 is 1.52 bits per heavy atom. The number of rotatable bonds is 7. The maximum Gasteiger partial charge on any atom is 0.307 e. The molecule has 0 saturated heterocycles. The third kappa shape index (κ3) is 3.89. The number of hydrazine groups is 1. The van der Waals surface area contributed by atoms with Crippen LogP contribution >= 0.6 is 0 Å². The highest BCUT2D eigenvalue weighted by atomic mass is 16.4. The van der Waals surface area contributed by atoms with E-state index in [9.17, 15) is 9.90 Å². The maximum atomic E-state index is 11.6. The van der Waals surface area contributed by atoms with Crippen LogP contribution in [0.2, 0.25) is 0 Å². The zero-order valence-electron chi connectivity index (χ0n) is 11.9. The minimum atomic E-state index is -0.817. The minimum absolute atomic E-state index is 0.275. The molecular weight excluding hydrogens is 272 g/mol. The zero-order chi connectivity index (χ0) is 15.2. The fraction of sp³-hybridized carbons (Fsp3) is 0.462. The molecule has 1 aromatic heterocycles. The van der Waals surface area contributed by atoms with Crippen molar-refractivity contribution in [2.45, 2.75) is 26.2 Å². The van der Waals surface area contributed by atoms with Crippen molar-refractivity contribution in [3.8, 4) is 0 Å². The molecule has 8 nitrogen and oxygen atoms in total. The molecule has 0 saturated carbocycles. The Bertz CT molecular complexity index is 533. The van der Waals surface area contributed by atoms with Gasteiger partial charge in [0.25, 0.3) is 0 Å². The first kappa shape index (κ1) is 15.2. The van der Waals surface area contributed by atoms with Gasteiger partial charge < -0.3 is 10.8 Å². The zero-order valence-corrected chi connectivity index (χ0v) is 11.9. The van der Waals surface area contributed by atoms with E-state index in [-0.39, 0.29) is 5.92 Å². The van der Waals surface area contributed by atoms with Gasteiger partial charge in [-0.2, -0.15) is 0 Å². The fourth-order valence-corrected chi connectivity index (χ4v) is 2.50. The van der Waals surface area contributed by atoms with E-state index in [1.54, 1.807) is 6.07 Å². The topological polar surface area (TPSA) is 129 Å². The van der Waals surface area contributed by atoms with Crippen molar-refractivity contribution in [2.75, 3.05) is 5.73 Å². The van der Waals surface area contributed by atoms with Gasteiger partial charge in [0.2, 0.25) is 0 Å². The van der Waals surface area contributed by atoms with Crippen LogP contribution in [-0.4, -0.2) is 21.9 Å². The predicted octanol–water partition coefficient (Wildman–Crippen LogP) is -0.777. The molecule has 1 aliphatic heterocycles. The van der Waals surface area contributed by atoms with E-state index in [4.69, 9.17) is 5.73 Å². The number of anilines is 1. The number of pyridine rings is 1. The molecule has 7 N–H and O–H groups in total. The van der Waals surface area contributed by atoms with Gasteiger partial charge in [0.1, 0.15) is 5.82 Å². The molecule has 2 atom stereocenters. The molecular formula is C13H21N6O2+. The number of nitrogens with two attached hydrogens (primary N) is 2. The number of amidine groups is 1. The largest absolute Gasteiger partial charge is 0.481 e. The molecule has 0 amide bonds. The second-order valence-electron chi connectivity index (χ2n) is 5.01. The molecule has 1 aliphatic rings. The Morgan fingerprint density at radius 3 is 2.90 bits per heavy atom. The van der Waals surface area contributed by atoms with Crippen LogP contribution in [0.1, 0.15) is 25.5 Å². The Morgan fingerprint density at radius 2 is 2.33 bits per heavy atom. The number of hydrogen-bond donors (Lipinski definition) is 5. The lowest BCUT2D eigenvalue weighted by Gasteiger charge is -2.22. The lowest BCUT2D eigenvalue weighted by Crippen LogP contribution is -2.87. The molecule has 0 aromatic carbocycles. The van der Waals surface area contributed by atoms with Crippen molar-refractivity contribution in [3.63, 3.8) is 0 Å². The summed E-state index contributed by atoms with van der Waals surface area (Å²) in [5.41, 5.74) is 13.6. The number of nitrogens with one attached hydrogen (secondary N) is 2. The lowest BCUT2D eigenvalue weighted by atomic mass is 9.84. The van der Waals surface area contributed by atoms with Gasteiger partial charge in [0.15, 0.2) is 5.84 Å². The summed E-state index contributed by atoms with van der Waals surface area (Å²) in [7, 11) is 0. The van der Waals surface area contributed by atoms with Crippen molar-refractivity contribution in [1.29, 1.82) is 0 Å². The van der Waals surface area contributed by atoms with E-state index >= 15 is 0 Å². The first-order valence-corrected chi connectivity index (χ1v) is 6.97. The van der Waals surface area contributed by atoms with E-state index in [0.29, 0.717) is 24.5 Å². The van der Waals surface area contributed by atoms with Crippen LogP contribution in [-0.2, 0) is 11.2 Å². The summed E-state index contributed by atoms with van der Waals surface area (Å²) in [4.78, 5) is 15.8. The van der Waals surface area contributed by atoms with Crippen molar-refractivity contribution >= 4 is 17.6 Å². The highest BCUT2D eigenvalue weighted by Crippen LogP contribution is 2.23. The lowest BCUT2D eigenvalue weighted by molar-refractivity contribution is -0.713. The number of quaternary nitrogens is 1. The standard InChI is InChI=1S/C13H20N6O2/c1-2-4-9(13(20)21)10(12-16-18-19-17-12)7-8-5-3-6-11(14)15-8/h3,5-6,9-10,18-19H,2,4,7H2,1H3,(H2,14,15)(H,16,17)(H,20,21)/p+1. The van der Waals surface area contributed by atoms with Gasteiger partial charge in [0.05, 0.1) is 5.92 Å². The van der Waals surface area contributed by atoms with E-state index < -0.39 is 11.9 Å². The SMILES string of the molecule is CCCC(C(=O)O)C(Cc1cccc(N)n1)C1=N[NH2+]NN1. The number of nitrogen functional groups attached to an aromatic ring is 1. The highest BCUT2D eigenvalue weighted by molar-refractivity contribution is 5.88. The molecule has 2 rings (SSSR count). The summed E-state index contributed by atoms with van der Waals surface area (Å²) in [6, 6.07) is 5.37. The maximum absolute atomic E-state index is 11.6. The van der Waals surface area contributed by atoms with Crippen LogP contribution in [0.5, 0.6) is 0 Å². The summed E-state index contributed by atoms with van der Waals surface area (Å²) in [5.74, 6) is -0.553. The number of hydrogen-bond acceptors (Lipinski definition) is 6. The summed E-state index contributed by atoms with van der Waals surface area (Å²) in [5, 5.41) is 13.7. The summed E-state index contributed by atoms with van der Waals surface area (Å²) in [6.07, 6.45) is 1.86. The van der Waals surface area contributed by atoms with E-state index in [0.717, 1.165) is 12.1 Å². The monoisotopic (exact) mass is 293 g/mol. The first-order valence-electron chi connectivity index (χ1n) is 6.97. The van der Waals surface area contributed by atoms with Crippen LogP contribution in [0.25, 0.3) is 0 Å². The van der Waals surface area contributed by atoms with Gasteiger partial charge in [0, 0.05) is 18.0 Å². The van der Waals surface area contributed by atoms with Gasteiger partial charge >= 0.3 is 5.97 Å². The van der Waals surface area contributed by atoms with Crippen molar-refractivity contribution in [1.82, 2.24) is 15.9 Å². The molecule has 8 heteroatoms. The van der Waals surface area contributed by atoms with Crippen LogP contribution in [0.4, 0.5) is 5.82 Å². The molecule has 0 aliphatic carbocycles. The van der Waals surface area contributed by atoms with Crippen molar-refractivity contribution < 1.29 is 15.4 Å². The van der Waals surface area contributed by atoms with Gasteiger partial charge in [-0.25, -0.2) is 4.98 Å². The van der Waals surface area contributed by atoms with Crippen LogP contribution in [0, 0.1) is 11.8 Å². The number of aliphatic carboxylic acids is 1. The summed E-state index contributed by atoms with van der Waals surface area (Å²) < 4.78 is 0. The van der Waals surface area contributed by atoms with Crippen molar-refractivity contribution in [3.05, 3.63) is 23.9 Å². The van der Waals surface area contributed by atoms with E-state index in [1.807, 2.05) is 19.1 Å². The number of carboxylic acids is 1. The molecule has 2 unspecified atom stereocenters. The van der Waals surface area contributed by atoms with Gasteiger partial charge in [-0.05, 0) is 23.7 Å².